The average molecular weight is 267 g/mol. The van der Waals surface area contributed by atoms with Gasteiger partial charge in [0, 0.05) is 17.9 Å². The summed E-state index contributed by atoms with van der Waals surface area (Å²) in [7, 11) is -3.27. The summed E-state index contributed by atoms with van der Waals surface area (Å²) in [6, 6.07) is 6.40. The molecular weight excluding hydrogens is 250 g/mol. The second-order valence-corrected chi connectivity index (χ2v) is 6.77. The fourth-order valence-electron chi connectivity index (χ4n) is 2.21. The molecule has 1 saturated carbocycles. The maximum Gasteiger partial charge on any atom is 0.251 e. The summed E-state index contributed by atoms with van der Waals surface area (Å²) in [6.07, 6.45) is 5.46. The van der Waals surface area contributed by atoms with E-state index in [0.717, 1.165) is 31.9 Å². The Morgan fingerprint density at radius 1 is 1.28 bits per heavy atom. The lowest BCUT2D eigenvalue weighted by molar-refractivity contribution is 0.0937. The van der Waals surface area contributed by atoms with Gasteiger partial charge in [-0.2, -0.15) is 0 Å². The van der Waals surface area contributed by atoms with Crippen LogP contribution in [0.1, 0.15) is 36.0 Å². The first-order chi connectivity index (χ1) is 8.47. The van der Waals surface area contributed by atoms with Crippen LogP contribution in [0.25, 0.3) is 0 Å². The topological polar surface area (TPSA) is 63.2 Å². The van der Waals surface area contributed by atoms with Gasteiger partial charge in [-0.1, -0.05) is 18.9 Å². The first-order valence-electron chi connectivity index (χ1n) is 6.08. The molecule has 0 saturated heterocycles. The summed E-state index contributed by atoms with van der Waals surface area (Å²) in [6.45, 7) is 0. The van der Waals surface area contributed by atoms with E-state index < -0.39 is 9.84 Å². The quantitative estimate of drug-likeness (QED) is 0.907. The van der Waals surface area contributed by atoms with Crippen LogP contribution in [-0.2, 0) is 9.84 Å². The first kappa shape index (κ1) is 13.1. The van der Waals surface area contributed by atoms with E-state index >= 15 is 0 Å². The molecule has 18 heavy (non-hydrogen) atoms. The molecule has 4 nitrogen and oxygen atoms in total. The van der Waals surface area contributed by atoms with Crippen molar-refractivity contribution in [3.05, 3.63) is 29.8 Å². The molecular formula is C13H17NO3S. The van der Waals surface area contributed by atoms with Crippen LogP contribution < -0.4 is 5.32 Å². The summed E-state index contributed by atoms with van der Waals surface area (Å²) in [4.78, 5) is 12.2. The van der Waals surface area contributed by atoms with E-state index in [9.17, 15) is 13.2 Å². The number of rotatable bonds is 3. The zero-order valence-corrected chi connectivity index (χ0v) is 11.2. The number of amides is 1. The van der Waals surface area contributed by atoms with Crippen molar-refractivity contribution in [2.45, 2.75) is 36.6 Å². The van der Waals surface area contributed by atoms with Crippen LogP contribution in [0.3, 0.4) is 0 Å². The molecule has 1 fully saturated rings. The summed E-state index contributed by atoms with van der Waals surface area (Å²) < 4.78 is 22.8. The standard InChI is InChI=1S/C13H17NO3S/c1-18(16,17)12-8-4-5-10(9-12)13(15)14-11-6-2-3-7-11/h4-5,8-9,11H,2-3,6-7H2,1H3,(H,14,15). The number of sulfone groups is 1. The van der Waals surface area contributed by atoms with Crippen molar-refractivity contribution < 1.29 is 13.2 Å². The molecule has 0 bridgehead atoms. The highest BCUT2D eigenvalue weighted by molar-refractivity contribution is 7.90. The van der Waals surface area contributed by atoms with Crippen LogP contribution >= 0.6 is 0 Å². The van der Waals surface area contributed by atoms with Gasteiger partial charge in [0.25, 0.3) is 5.91 Å². The summed E-state index contributed by atoms with van der Waals surface area (Å²) in [5, 5.41) is 2.94. The number of hydrogen-bond acceptors (Lipinski definition) is 3. The van der Waals surface area contributed by atoms with Crippen LogP contribution in [0.2, 0.25) is 0 Å². The molecule has 1 amide bonds. The number of carbonyl (C=O) groups excluding carboxylic acids is 1. The highest BCUT2D eigenvalue weighted by Gasteiger charge is 2.18. The molecule has 5 heteroatoms. The summed E-state index contributed by atoms with van der Waals surface area (Å²) in [5.74, 6) is -0.188. The molecule has 0 heterocycles. The largest absolute Gasteiger partial charge is 0.349 e. The molecule has 0 unspecified atom stereocenters. The fraction of sp³-hybridized carbons (Fsp3) is 0.462. The molecule has 0 aliphatic heterocycles. The van der Waals surface area contributed by atoms with Crippen molar-refractivity contribution in [1.82, 2.24) is 5.32 Å². The number of nitrogens with one attached hydrogen (secondary N) is 1. The Labute approximate surface area is 107 Å². The molecule has 2 rings (SSSR count). The molecule has 1 aliphatic carbocycles. The lowest BCUT2D eigenvalue weighted by Crippen LogP contribution is -2.32. The first-order valence-corrected chi connectivity index (χ1v) is 7.97. The van der Waals surface area contributed by atoms with E-state index in [1.807, 2.05) is 0 Å². The zero-order valence-electron chi connectivity index (χ0n) is 10.3. The fourth-order valence-corrected chi connectivity index (χ4v) is 2.87. The van der Waals surface area contributed by atoms with Gasteiger partial charge in [0.2, 0.25) is 0 Å². The second-order valence-electron chi connectivity index (χ2n) is 4.75. The highest BCUT2D eigenvalue weighted by atomic mass is 32.2. The van der Waals surface area contributed by atoms with Gasteiger partial charge in [-0.15, -0.1) is 0 Å². The highest BCUT2D eigenvalue weighted by Crippen LogP contribution is 2.18. The SMILES string of the molecule is CS(=O)(=O)c1cccc(C(=O)NC2CCCC2)c1. The normalized spacial score (nSPS) is 16.7. The molecule has 1 aromatic carbocycles. The van der Waals surface area contributed by atoms with Crippen molar-refractivity contribution >= 4 is 15.7 Å². The molecule has 0 spiro atoms. The lowest BCUT2D eigenvalue weighted by Gasteiger charge is -2.12. The van der Waals surface area contributed by atoms with E-state index in [1.165, 1.54) is 12.1 Å². The van der Waals surface area contributed by atoms with Gasteiger partial charge >= 0.3 is 0 Å². The van der Waals surface area contributed by atoms with Crippen LogP contribution in [0.5, 0.6) is 0 Å². The summed E-state index contributed by atoms with van der Waals surface area (Å²) in [5.41, 5.74) is 0.407. The Hall–Kier alpha value is -1.36. The maximum atomic E-state index is 12.0. The van der Waals surface area contributed by atoms with Crippen molar-refractivity contribution in [2.24, 2.45) is 0 Å². The van der Waals surface area contributed by atoms with Crippen LogP contribution in [-0.4, -0.2) is 26.6 Å². The molecule has 98 valence electrons. The molecule has 1 aliphatic rings. The molecule has 1 aromatic rings. The minimum absolute atomic E-state index is 0.182. The average Bonchev–Trinajstić information content (AvgIpc) is 2.81. The van der Waals surface area contributed by atoms with E-state index in [0.29, 0.717) is 5.56 Å². The number of hydrogen-bond donors (Lipinski definition) is 1. The van der Waals surface area contributed by atoms with Gasteiger partial charge in [-0.05, 0) is 31.0 Å². The summed E-state index contributed by atoms with van der Waals surface area (Å²) >= 11 is 0. The molecule has 0 aromatic heterocycles. The van der Waals surface area contributed by atoms with Gasteiger partial charge in [0.15, 0.2) is 9.84 Å². The van der Waals surface area contributed by atoms with Gasteiger partial charge in [-0.25, -0.2) is 8.42 Å². The molecule has 0 atom stereocenters. The third-order valence-electron chi connectivity index (χ3n) is 3.21. The Morgan fingerprint density at radius 2 is 1.94 bits per heavy atom. The van der Waals surface area contributed by atoms with Crippen molar-refractivity contribution in [3.8, 4) is 0 Å². The Kier molecular flexibility index (Phi) is 3.71. The zero-order chi connectivity index (χ0) is 13.2. The second kappa shape index (κ2) is 5.10. The Morgan fingerprint density at radius 3 is 2.56 bits per heavy atom. The molecule has 0 radical (unpaired) electrons. The smallest absolute Gasteiger partial charge is 0.251 e. The maximum absolute atomic E-state index is 12.0. The monoisotopic (exact) mass is 267 g/mol. The van der Waals surface area contributed by atoms with Crippen molar-refractivity contribution in [3.63, 3.8) is 0 Å². The van der Waals surface area contributed by atoms with Crippen molar-refractivity contribution in [1.29, 1.82) is 0 Å². The minimum Gasteiger partial charge on any atom is -0.349 e. The number of benzene rings is 1. The predicted molar refractivity (Wildman–Crippen MR) is 69.3 cm³/mol. The van der Waals surface area contributed by atoms with Crippen LogP contribution in [0.4, 0.5) is 0 Å². The third-order valence-corrected chi connectivity index (χ3v) is 4.33. The van der Waals surface area contributed by atoms with Crippen LogP contribution in [0, 0.1) is 0 Å². The molecule has 1 N–H and O–H groups in total. The van der Waals surface area contributed by atoms with Crippen molar-refractivity contribution in [2.75, 3.05) is 6.26 Å². The van der Waals surface area contributed by atoms with Gasteiger partial charge < -0.3 is 5.32 Å². The van der Waals surface area contributed by atoms with Gasteiger partial charge in [0.1, 0.15) is 0 Å². The van der Waals surface area contributed by atoms with Gasteiger partial charge in [0.05, 0.1) is 4.90 Å². The van der Waals surface area contributed by atoms with E-state index in [1.54, 1.807) is 12.1 Å². The number of carbonyl (C=O) groups is 1. The third kappa shape index (κ3) is 3.10. The predicted octanol–water partition coefficient (Wildman–Crippen LogP) is 1.76. The van der Waals surface area contributed by atoms with E-state index in [2.05, 4.69) is 5.32 Å². The van der Waals surface area contributed by atoms with E-state index in [4.69, 9.17) is 0 Å². The Balaban J connectivity index is 2.15. The van der Waals surface area contributed by atoms with E-state index in [-0.39, 0.29) is 16.8 Å². The lowest BCUT2D eigenvalue weighted by atomic mass is 10.2. The van der Waals surface area contributed by atoms with Crippen LogP contribution in [0.15, 0.2) is 29.2 Å². The van der Waals surface area contributed by atoms with Gasteiger partial charge in [-0.3, -0.25) is 4.79 Å². The Bertz CT molecular complexity index is 545. The minimum atomic E-state index is -3.27.